The summed E-state index contributed by atoms with van der Waals surface area (Å²) in [6, 6.07) is 0. The number of carbonyl (C=O) groups excluding carboxylic acids is 1. The lowest BCUT2D eigenvalue weighted by Crippen LogP contribution is -2.58. The van der Waals surface area contributed by atoms with Crippen LogP contribution >= 0.6 is 0 Å². The Labute approximate surface area is 156 Å². The van der Waals surface area contributed by atoms with E-state index in [-0.39, 0.29) is 5.91 Å². The van der Waals surface area contributed by atoms with Crippen LogP contribution in [0.3, 0.4) is 0 Å². The molecule has 1 aromatic heterocycles. The van der Waals surface area contributed by atoms with Crippen molar-refractivity contribution in [2.75, 3.05) is 33.2 Å². The molecule has 0 aromatic carbocycles. The number of aliphatic hydroxyl groups is 1. The SMILES string of the molecule is CN(CCc1cn[nH]c1)C[C@]1(O)CCCN(CCC2CCCCC2)C1=O. The summed E-state index contributed by atoms with van der Waals surface area (Å²) in [5.41, 5.74) is -0.0800. The summed E-state index contributed by atoms with van der Waals surface area (Å²) in [4.78, 5) is 16.9. The van der Waals surface area contributed by atoms with Gasteiger partial charge in [0.2, 0.25) is 0 Å². The van der Waals surface area contributed by atoms with Crippen LogP contribution in [0.5, 0.6) is 0 Å². The maximum absolute atomic E-state index is 12.9. The summed E-state index contributed by atoms with van der Waals surface area (Å²) in [6.45, 7) is 2.82. The lowest BCUT2D eigenvalue weighted by molar-refractivity contribution is -0.159. The van der Waals surface area contributed by atoms with Gasteiger partial charge in [-0.1, -0.05) is 32.1 Å². The highest BCUT2D eigenvalue weighted by atomic mass is 16.3. The zero-order valence-electron chi connectivity index (χ0n) is 16.1. The van der Waals surface area contributed by atoms with Crippen LogP contribution in [0.1, 0.15) is 56.9 Å². The Morgan fingerprint density at radius 2 is 2.15 bits per heavy atom. The fourth-order valence-corrected chi connectivity index (χ4v) is 4.50. The molecule has 146 valence electrons. The summed E-state index contributed by atoms with van der Waals surface area (Å²) in [5, 5.41) is 17.8. The third-order valence-corrected chi connectivity index (χ3v) is 6.10. The normalized spacial score (nSPS) is 25.2. The van der Waals surface area contributed by atoms with Crippen LogP contribution in [-0.4, -0.2) is 69.8 Å². The van der Waals surface area contributed by atoms with Gasteiger partial charge in [-0.3, -0.25) is 9.89 Å². The monoisotopic (exact) mass is 362 g/mol. The zero-order valence-corrected chi connectivity index (χ0v) is 16.1. The van der Waals surface area contributed by atoms with Crippen LogP contribution < -0.4 is 0 Å². The highest BCUT2D eigenvalue weighted by Crippen LogP contribution is 2.28. The molecule has 6 nitrogen and oxygen atoms in total. The first-order valence-electron chi connectivity index (χ1n) is 10.2. The third-order valence-electron chi connectivity index (χ3n) is 6.10. The standard InChI is InChI=1S/C20H34N4O2/c1-23(12-8-18-14-21-22-15-18)16-20(26)10-5-11-24(19(20)25)13-9-17-6-3-2-4-7-17/h14-15,17,26H,2-13,16H2,1H3,(H,21,22)/t20-/m1/s1. The first-order valence-corrected chi connectivity index (χ1v) is 10.2. The molecule has 1 aliphatic heterocycles. The summed E-state index contributed by atoms with van der Waals surface area (Å²) in [6.07, 6.45) is 13.8. The molecule has 1 aliphatic carbocycles. The Balaban J connectivity index is 1.48. The summed E-state index contributed by atoms with van der Waals surface area (Å²) >= 11 is 0. The highest BCUT2D eigenvalue weighted by molar-refractivity contribution is 5.86. The third kappa shape index (κ3) is 5.07. The minimum Gasteiger partial charge on any atom is -0.379 e. The molecule has 26 heavy (non-hydrogen) atoms. The highest BCUT2D eigenvalue weighted by Gasteiger charge is 2.42. The molecule has 2 N–H and O–H groups in total. The Bertz CT molecular complexity index is 556. The topological polar surface area (TPSA) is 72.5 Å². The van der Waals surface area contributed by atoms with Gasteiger partial charge in [-0.15, -0.1) is 0 Å². The van der Waals surface area contributed by atoms with Gasteiger partial charge in [-0.2, -0.15) is 5.10 Å². The maximum atomic E-state index is 12.9. The van der Waals surface area contributed by atoms with Crippen molar-refractivity contribution in [3.63, 3.8) is 0 Å². The van der Waals surface area contributed by atoms with Gasteiger partial charge in [0.1, 0.15) is 0 Å². The number of carbonyl (C=O) groups is 1. The number of rotatable bonds is 8. The molecule has 3 rings (SSSR count). The molecule has 0 radical (unpaired) electrons. The molecule has 2 fully saturated rings. The van der Waals surface area contributed by atoms with E-state index < -0.39 is 5.60 Å². The van der Waals surface area contributed by atoms with Gasteiger partial charge in [-0.05, 0) is 44.2 Å². The van der Waals surface area contributed by atoms with Crippen molar-refractivity contribution in [3.8, 4) is 0 Å². The zero-order chi connectivity index (χ0) is 18.4. The van der Waals surface area contributed by atoms with Gasteiger partial charge >= 0.3 is 0 Å². The van der Waals surface area contributed by atoms with Gasteiger partial charge in [0, 0.05) is 32.4 Å². The number of H-pyrrole nitrogens is 1. The number of likely N-dealkylation sites (tertiary alicyclic amines) is 1. The van der Waals surface area contributed by atoms with Gasteiger partial charge in [0.25, 0.3) is 5.91 Å². The van der Waals surface area contributed by atoms with Crippen molar-refractivity contribution in [3.05, 3.63) is 18.0 Å². The smallest absolute Gasteiger partial charge is 0.255 e. The van der Waals surface area contributed by atoms with Crippen molar-refractivity contribution in [1.29, 1.82) is 0 Å². The van der Waals surface area contributed by atoms with E-state index >= 15 is 0 Å². The number of nitrogens with one attached hydrogen (secondary N) is 1. The quantitative estimate of drug-likeness (QED) is 0.744. The number of nitrogens with zero attached hydrogens (tertiary/aromatic N) is 3. The fraction of sp³-hybridized carbons (Fsp3) is 0.800. The Hall–Kier alpha value is -1.40. The Morgan fingerprint density at radius 3 is 2.88 bits per heavy atom. The lowest BCUT2D eigenvalue weighted by Gasteiger charge is -2.40. The van der Waals surface area contributed by atoms with Gasteiger partial charge in [0.15, 0.2) is 5.60 Å². The summed E-state index contributed by atoms with van der Waals surface area (Å²) < 4.78 is 0. The molecule has 1 amide bonds. The van der Waals surface area contributed by atoms with Gasteiger partial charge in [0.05, 0.1) is 6.20 Å². The predicted octanol–water partition coefficient (Wildman–Crippen LogP) is 2.21. The predicted molar refractivity (Wildman–Crippen MR) is 102 cm³/mol. The molecule has 1 saturated heterocycles. The summed E-state index contributed by atoms with van der Waals surface area (Å²) in [7, 11) is 1.98. The number of amides is 1. The van der Waals surface area contributed by atoms with Gasteiger partial charge < -0.3 is 14.9 Å². The van der Waals surface area contributed by atoms with Crippen molar-refractivity contribution >= 4 is 5.91 Å². The molecular weight excluding hydrogens is 328 g/mol. The molecule has 1 atom stereocenters. The van der Waals surface area contributed by atoms with Crippen molar-refractivity contribution in [2.45, 2.75) is 63.4 Å². The minimum absolute atomic E-state index is 0.0604. The first-order chi connectivity index (χ1) is 12.6. The van der Waals surface area contributed by atoms with E-state index in [1.54, 1.807) is 0 Å². The molecule has 0 unspecified atom stereocenters. The van der Waals surface area contributed by atoms with Crippen LogP contribution in [0.25, 0.3) is 0 Å². The van der Waals surface area contributed by atoms with Crippen molar-refractivity contribution in [2.24, 2.45) is 5.92 Å². The van der Waals surface area contributed by atoms with Gasteiger partial charge in [-0.25, -0.2) is 0 Å². The van der Waals surface area contributed by atoms with E-state index in [9.17, 15) is 9.90 Å². The number of hydrogen-bond donors (Lipinski definition) is 2. The molecular formula is C20H34N4O2. The number of hydrogen-bond acceptors (Lipinski definition) is 4. The minimum atomic E-state index is -1.23. The van der Waals surface area contributed by atoms with E-state index in [0.29, 0.717) is 13.0 Å². The molecule has 6 heteroatoms. The molecule has 1 saturated carbocycles. The van der Waals surface area contributed by atoms with Crippen molar-refractivity contribution < 1.29 is 9.90 Å². The number of likely N-dealkylation sites (N-methyl/N-ethyl adjacent to an activating group) is 1. The van der Waals surface area contributed by atoms with Crippen LogP contribution in [0.4, 0.5) is 0 Å². The van der Waals surface area contributed by atoms with E-state index in [1.165, 1.54) is 32.1 Å². The Kier molecular flexibility index (Phi) is 6.70. The summed E-state index contributed by atoms with van der Waals surface area (Å²) in [5.74, 6) is 0.707. The van der Waals surface area contributed by atoms with Crippen molar-refractivity contribution in [1.82, 2.24) is 20.0 Å². The van der Waals surface area contributed by atoms with Crippen LogP contribution in [0, 0.1) is 5.92 Å². The molecule has 2 heterocycles. The average Bonchev–Trinajstić information content (AvgIpc) is 3.16. The van der Waals surface area contributed by atoms with Crippen LogP contribution in [-0.2, 0) is 11.2 Å². The number of aromatic amines is 1. The van der Waals surface area contributed by atoms with Crippen LogP contribution in [0.15, 0.2) is 12.4 Å². The molecule has 2 aliphatic rings. The second-order valence-corrected chi connectivity index (χ2v) is 8.31. The fourth-order valence-electron chi connectivity index (χ4n) is 4.50. The lowest BCUT2D eigenvalue weighted by atomic mass is 9.86. The van der Waals surface area contributed by atoms with E-state index in [4.69, 9.17) is 0 Å². The number of aromatic nitrogens is 2. The first kappa shape index (κ1) is 19.4. The average molecular weight is 363 g/mol. The van der Waals surface area contributed by atoms with Crippen LogP contribution in [0.2, 0.25) is 0 Å². The number of piperidine rings is 1. The molecule has 0 bridgehead atoms. The van der Waals surface area contributed by atoms with E-state index in [1.807, 2.05) is 24.3 Å². The second-order valence-electron chi connectivity index (χ2n) is 8.31. The van der Waals surface area contributed by atoms with E-state index in [2.05, 4.69) is 15.1 Å². The Morgan fingerprint density at radius 1 is 1.35 bits per heavy atom. The molecule has 1 aromatic rings. The molecule has 0 spiro atoms. The second kappa shape index (κ2) is 9.00. The van der Waals surface area contributed by atoms with E-state index in [0.717, 1.165) is 50.4 Å². The largest absolute Gasteiger partial charge is 0.379 e. The maximum Gasteiger partial charge on any atom is 0.255 e.